The van der Waals surface area contributed by atoms with Crippen molar-refractivity contribution in [3.05, 3.63) is 29.8 Å². The lowest BCUT2D eigenvalue weighted by molar-refractivity contribution is -0.136. The quantitative estimate of drug-likeness (QED) is 0.646. The molecule has 29 heavy (non-hydrogen) atoms. The Morgan fingerprint density at radius 1 is 1.21 bits per heavy atom. The Labute approximate surface area is 169 Å². The first-order valence-corrected chi connectivity index (χ1v) is 10.0. The highest BCUT2D eigenvalue weighted by atomic mass is 32.2. The van der Waals surface area contributed by atoms with Crippen molar-refractivity contribution in [3.63, 3.8) is 0 Å². The maximum absolute atomic E-state index is 13.1. The van der Waals surface area contributed by atoms with Gasteiger partial charge >= 0.3 is 6.03 Å². The lowest BCUT2D eigenvalue weighted by atomic mass is 9.84. The van der Waals surface area contributed by atoms with Crippen LogP contribution in [0.25, 0.3) is 0 Å². The van der Waals surface area contributed by atoms with Crippen LogP contribution in [0.5, 0.6) is 5.75 Å². The van der Waals surface area contributed by atoms with Crippen molar-refractivity contribution < 1.29 is 28.7 Å². The van der Waals surface area contributed by atoms with Crippen LogP contribution in [0.15, 0.2) is 24.3 Å². The smallest absolute Gasteiger partial charge is 0.325 e. The lowest BCUT2D eigenvalue weighted by Crippen LogP contribution is -2.48. The molecule has 1 aromatic rings. The highest BCUT2D eigenvalue weighted by Gasteiger charge is 2.55. The van der Waals surface area contributed by atoms with E-state index in [1.807, 2.05) is 0 Å². The second-order valence-electron chi connectivity index (χ2n) is 6.77. The van der Waals surface area contributed by atoms with Gasteiger partial charge in [-0.15, -0.1) is 0 Å². The standard InChI is InChI=1S/C18H18N4O6S/c23-13(19-6-7-21-14(24)10-29-17(21)27)9-22-15(25)18(20-16(22)26)5-8-28-12-4-2-1-3-11(12)18/h1-4H,5-10H2,(H,19,23)(H,20,26)/t18-/m0/s1. The van der Waals surface area contributed by atoms with E-state index in [4.69, 9.17) is 4.74 Å². The number of hydrogen-bond donors (Lipinski definition) is 2. The molecule has 0 bridgehead atoms. The molecular weight excluding hydrogens is 400 g/mol. The molecular formula is C18H18N4O6S. The fourth-order valence-electron chi connectivity index (χ4n) is 3.62. The van der Waals surface area contributed by atoms with Gasteiger partial charge in [0, 0.05) is 25.1 Å². The molecule has 0 aliphatic carbocycles. The van der Waals surface area contributed by atoms with Crippen LogP contribution in [0.2, 0.25) is 0 Å². The molecule has 0 unspecified atom stereocenters. The first-order valence-electron chi connectivity index (χ1n) is 9.02. The molecule has 1 atom stereocenters. The Morgan fingerprint density at radius 3 is 2.76 bits per heavy atom. The fraction of sp³-hybridized carbons (Fsp3) is 0.389. The summed E-state index contributed by atoms with van der Waals surface area (Å²) in [6.07, 6.45) is 0.267. The van der Waals surface area contributed by atoms with Crippen molar-refractivity contribution in [2.75, 3.05) is 32.0 Å². The molecule has 6 amide bonds. The largest absolute Gasteiger partial charge is 0.493 e. The molecule has 11 heteroatoms. The molecule has 3 aliphatic rings. The van der Waals surface area contributed by atoms with Gasteiger partial charge in [0.15, 0.2) is 5.54 Å². The molecule has 2 saturated heterocycles. The van der Waals surface area contributed by atoms with Gasteiger partial charge in [-0.3, -0.25) is 29.0 Å². The van der Waals surface area contributed by atoms with E-state index in [9.17, 15) is 24.0 Å². The molecule has 0 saturated carbocycles. The van der Waals surface area contributed by atoms with E-state index in [0.717, 1.165) is 21.6 Å². The van der Waals surface area contributed by atoms with Gasteiger partial charge in [-0.1, -0.05) is 30.0 Å². The van der Waals surface area contributed by atoms with Crippen molar-refractivity contribution in [1.29, 1.82) is 0 Å². The molecule has 3 heterocycles. The van der Waals surface area contributed by atoms with Crippen LogP contribution in [-0.4, -0.2) is 70.8 Å². The number of thioether (sulfide) groups is 1. The second-order valence-corrected chi connectivity index (χ2v) is 7.70. The summed E-state index contributed by atoms with van der Waals surface area (Å²) < 4.78 is 5.57. The van der Waals surface area contributed by atoms with Gasteiger partial charge < -0.3 is 15.4 Å². The number of urea groups is 1. The van der Waals surface area contributed by atoms with Crippen LogP contribution >= 0.6 is 11.8 Å². The Kier molecular flexibility index (Phi) is 4.91. The summed E-state index contributed by atoms with van der Waals surface area (Å²) in [6, 6.07) is 6.33. The summed E-state index contributed by atoms with van der Waals surface area (Å²) in [7, 11) is 0. The van der Waals surface area contributed by atoms with Crippen molar-refractivity contribution >= 4 is 40.8 Å². The molecule has 0 radical (unpaired) electrons. The van der Waals surface area contributed by atoms with E-state index in [1.165, 1.54) is 0 Å². The van der Waals surface area contributed by atoms with Crippen LogP contribution in [0.3, 0.4) is 0 Å². The third-order valence-corrected chi connectivity index (χ3v) is 5.92. The average Bonchev–Trinajstić information content (AvgIpc) is 3.14. The Balaban J connectivity index is 1.39. The van der Waals surface area contributed by atoms with Gasteiger partial charge in [0.1, 0.15) is 12.3 Å². The van der Waals surface area contributed by atoms with Crippen LogP contribution in [0, 0.1) is 0 Å². The molecule has 2 fully saturated rings. The minimum Gasteiger partial charge on any atom is -0.493 e. The van der Waals surface area contributed by atoms with Crippen LogP contribution in [0.1, 0.15) is 12.0 Å². The minimum absolute atomic E-state index is 0.0440. The third kappa shape index (κ3) is 3.31. The summed E-state index contributed by atoms with van der Waals surface area (Å²) >= 11 is 0.915. The summed E-state index contributed by atoms with van der Waals surface area (Å²) in [4.78, 5) is 62.8. The minimum atomic E-state index is -1.24. The number of nitrogens with one attached hydrogen (secondary N) is 2. The molecule has 1 spiro atoms. The van der Waals surface area contributed by atoms with Crippen molar-refractivity contribution in [2.24, 2.45) is 0 Å². The Morgan fingerprint density at radius 2 is 2.00 bits per heavy atom. The SMILES string of the molecule is O=C(CN1C(=O)N[C@]2(CCOc3ccccc32)C1=O)NCCN1C(=O)CSC1=O. The molecule has 3 aliphatic heterocycles. The maximum Gasteiger partial charge on any atom is 0.325 e. The van der Waals surface area contributed by atoms with E-state index in [0.29, 0.717) is 11.3 Å². The lowest BCUT2D eigenvalue weighted by Gasteiger charge is -2.33. The van der Waals surface area contributed by atoms with E-state index < -0.39 is 29.9 Å². The van der Waals surface area contributed by atoms with Crippen LogP contribution in [-0.2, 0) is 19.9 Å². The summed E-state index contributed by atoms with van der Waals surface area (Å²) in [5.74, 6) is -0.741. The van der Waals surface area contributed by atoms with Crippen LogP contribution < -0.4 is 15.4 Å². The van der Waals surface area contributed by atoms with Gasteiger partial charge in [-0.05, 0) is 6.07 Å². The van der Waals surface area contributed by atoms with Gasteiger partial charge in [0.25, 0.3) is 11.1 Å². The number of rotatable bonds is 5. The van der Waals surface area contributed by atoms with Crippen molar-refractivity contribution in [3.8, 4) is 5.75 Å². The number of fused-ring (bicyclic) bond motifs is 2. The van der Waals surface area contributed by atoms with Crippen molar-refractivity contribution in [2.45, 2.75) is 12.0 Å². The van der Waals surface area contributed by atoms with Crippen molar-refractivity contribution in [1.82, 2.24) is 20.4 Å². The zero-order valence-corrected chi connectivity index (χ0v) is 16.1. The first-order chi connectivity index (χ1) is 13.9. The zero-order valence-electron chi connectivity index (χ0n) is 15.3. The van der Waals surface area contributed by atoms with Gasteiger partial charge in [-0.2, -0.15) is 0 Å². The molecule has 152 valence electrons. The predicted molar refractivity (Wildman–Crippen MR) is 101 cm³/mol. The number of benzene rings is 1. The van der Waals surface area contributed by atoms with Crippen LogP contribution in [0.4, 0.5) is 9.59 Å². The van der Waals surface area contributed by atoms with E-state index in [1.54, 1.807) is 24.3 Å². The number of para-hydroxylation sites is 1. The number of imide groups is 2. The zero-order chi connectivity index (χ0) is 20.6. The second kappa shape index (κ2) is 7.39. The average molecular weight is 418 g/mol. The number of amides is 6. The number of carbonyl (C=O) groups excluding carboxylic acids is 5. The van der Waals surface area contributed by atoms with Gasteiger partial charge in [-0.25, -0.2) is 4.79 Å². The molecule has 4 rings (SSSR count). The van der Waals surface area contributed by atoms with Gasteiger partial charge in [0.2, 0.25) is 11.8 Å². The normalized spacial score (nSPS) is 23.3. The Hall–Kier alpha value is -3.08. The monoisotopic (exact) mass is 418 g/mol. The van der Waals surface area contributed by atoms with Gasteiger partial charge in [0.05, 0.1) is 12.4 Å². The fourth-order valence-corrected chi connectivity index (χ4v) is 4.37. The molecule has 1 aromatic carbocycles. The highest BCUT2D eigenvalue weighted by Crippen LogP contribution is 2.40. The molecule has 10 nitrogen and oxygen atoms in total. The topological polar surface area (TPSA) is 125 Å². The molecule has 2 N–H and O–H groups in total. The molecule has 0 aromatic heterocycles. The number of nitrogens with zero attached hydrogens (tertiary/aromatic N) is 2. The Bertz CT molecular complexity index is 905. The van der Waals surface area contributed by atoms with E-state index in [-0.39, 0.29) is 43.0 Å². The first kappa shape index (κ1) is 19.2. The number of carbonyl (C=O) groups is 5. The summed E-state index contributed by atoms with van der Waals surface area (Å²) in [6.45, 7) is -0.0986. The maximum atomic E-state index is 13.1. The van der Waals surface area contributed by atoms with E-state index in [2.05, 4.69) is 10.6 Å². The van der Waals surface area contributed by atoms with E-state index >= 15 is 0 Å². The summed E-state index contributed by atoms with van der Waals surface area (Å²) in [5.41, 5.74) is -0.672. The predicted octanol–water partition coefficient (Wildman–Crippen LogP) is 0.0278. The summed E-state index contributed by atoms with van der Waals surface area (Å²) in [5, 5.41) is 4.91. The number of hydrogen-bond acceptors (Lipinski definition) is 7. The highest BCUT2D eigenvalue weighted by molar-refractivity contribution is 8.14. The number of ether oxygens (including phenoxy) is 1. The third-order valence-electron chi connectivity index (χ3n) is 5.06.